The molecule has 0 bridgehead atoms. The van der Waals surface area contributed by atoms with Crippen LogP contribution in [0.3, 0.4) is 0 Å². The Kier molecular flexibility index (Phi) is 10.5. The number of benzene rings is 1. The van der Waals surface area contributed by atoms with Crippen molar-refractivity contribution >= 4 is 11.8 Å². The molecule has 7 nitrogen and oxygen atoms in total. The van der Waals surface area contributed by atoms with Crippen LogP contribution < -0.4 is 5.73 Å². The summed E-state index contributed by atoms with van der Waals surface area (Å²) in [5, 5.41) is 27.1. The molecule has 2 aromatic rings. The normalized spacial score (nSPS) is 17.7. The molecular formula is C26H33F3N4O3. The van der Waals surface area contributed by atoms with Crippen LogP contribution in [0.2, 0.25) is 0 Å². The highest BCUT2D eigenvalue weighted by Crippen LogP contribution is 2.40. The van der Waals surface area contributed by atoms with Crippen LogP contribution in [0, 0.1) is 11.3 Å². The van der Waals surface area contributed by atoms with Gasteiger partial charge < -0.3 is 20.8 Å². The lowest BCUT2D eigenvalue weighted by Crippen LogP contribution is -2.39. The van der Waals surface area contributed by atoms with E-state index in [-0.39, 0.29) is 17.5 Å². The molecule has 36 heavy (non-hydrogen) atoms. The molecule has 4 N–H and O–H groups in total. The topological polar surface area (TPSA) is 123 Å². The van der Waals surface area contributed by atoms with Gasteiger partial charge in [-0.05, 0) is 74.9 Å². The van der Waals surface area contributed by atoms with Gasteiger partial charge in [-0.1, -0.05) is 32.4 Å². The van der Waals surface area contributed by atoms with Crippen LogP contribution in [-0.4, -0.2) is 51.4 Å². The van der Waals surface area contributed by atoms with E-state index in [1.165, 1.54) is 6.42 Å². The zero-order valence-corrected chi connectivity index (χ0v) is 20.6. The number of para-hydroxylation sites is 1. The number of anilines is 1. The first-order chi connectivity index (χ1) is 17.0. The number of alkyl halides is 3. The molecule has 0 saturated heterocycles. The van der Waals surface area contributed by atoms with E-state index in [0.717, 1.165) is 50.8 Å². The second-order valence-electron chi connectivity index (χ2n) is 8.84. The minimum atomic E-state index is -5.08. The number of halogens is 3. The van der Waals surface area contributed by atoms with Crippen LogP contribution in [0.15, 0.2) is 30.3 Å². The van der Waals surface area contributed by atoms with Gasteiger partial charge in [-0.15, -0.1) is 0 Å². The van der Waals surface area contributed by atoms with Gasteiger partial charge in [0.2, 0.25) is 0 Å². The highest BCUT2D eigenvalue weighted by molar-refractivity contribution is 5.73. The number of phenols is 1. The third-order valence-corrected chi connectivity index (χ3v) is 6.24. The molecule has 1 aliphatic carbocycles. The lowest BCUT2D eigenvalue weighted by atomic mass is 9.79. The quantitative estimate of drug-likeness (QED) is 0.441. The minimum Gasteiger partial charge on any atom is -0.507 e. The Morgan fingerprint density at radius 2 is 1.83 bits per heavy atom. The third kappa shape index (κ3) is 7.59. The maximum Gasteiger partial charge on any atom is 0.490 e. The first kappa shape index (κ1) is 28.9. The van der Waals surface area contributed by atoms with Crippen molar-refractivity contribution < 1.29 is 28.2 Å². The average molecular weight is 507 g/mol. The maximum absolute atomic E-state index is 10.6. The number of nitrogens with zero attached hydrogens (tertiary/aromatic N) is 3. The van der Waals surface area contributed by atoms with Gasteiger partial charge in [0, 0.05) is 11.6 Å². The number of hydrogen-bond acceptors (Lipinski definition) is 6. The van der Waals surface area contributed by atoms with Gasteiger partial charge in [-0.2, -0.15) is 18.4 Å². The number of carboxylic acid groups (broad SMARTS) is 1. The maximum atomic E-state index is 10.6. The average Bonchev–Trinajstić information content (AvgIpc) is 2.83. The van der Waals surface area contributed by atoms with Gasteiger partial charge in [0.1, 0.15) is 17.6 Å². The van der Waals surface area contributed by atoms with Crippen LogP contribution in [-0.2, 0) is 4.79 Å². The Bertz CT molecular complexity index is 1060. The Labute approximate surface area is 209 Å². The van der Waals surface area contributed by atoms with Gasteiger partial charge in [-0.25, -0.2) is 9.78 Å². The summed E-state index contributed by atoms with van der Waals surface area (Å²) in [6.45, 7) is 6.72. The molecule has 1 fully saturated rings. The number of aromatic hydroxyl groups is 1. The smallest absolute Gasteiger partial charge is 0.490 e. The molecule has 196 valence electrons. The molecule has 0 spiro atoms. The summed E-state index contributed by atoms with van der Waals surface area (Å²) in [6.07, 6.45) is 1.69. The predicted molar refractivity (Wildman–Crippen MR) is 131 cm³/mol. The largest absolute Gasteiger partial charge is 0.507 e. The molecule has 0 radical (unpaired) electrons. The highest BCUT2D eigenvalue weighted by atomic mass is 19.4. The van der Waals surface area contributed by atoms with Crippen molar-refractivity contribution in [1.29, 1.82) is 5.26 Å². The Balaban J connectivity index is 0.000000572. The highest BCUT2D eigenvalue weighted by Gasteiger charge is 2.38. The molecule has 0 aliphatic heterocycles. The second-order valence-corrected chi connectivity index (χ2v) is 8.84. The van der Waals surface area contributed by atoms with Crippen LogP contribution in [0.1, 0.15) is 69.4 Å². The zero-order valence-electron chi connectivity index (χ0n) is 20.6. The summed E-state index contributed by atoms with van der Waals surface area (Å²) in [4.78, 5) is 15.9. The van der Waals surface area contributed by atoms with Gasteiger partial charge >= 0.3 is 12.1 Å². The van der Waals surface area contributed by atoms with E-state index < -0.39 is 12.1 Å². The summed E-state index contributed by atoms with van der Waals surface area (Å²) < 4.78 is 31.7. The number of rotatable bonds is 7. The van der Waals surface area contributed by atoms with Crippen molar-refractivity contribution in [3.8, 4) is 23.1 Å². The number of nitriles is 1. The minimum absolute atomic E-state index is 0.175. The molecule has 1 aliphatic rings. The molecule has 1 aromatic carbocycles. The number of nitrogen functional groups attached to an aromatic ring is 1. The van der Waals surface area contributed by atoms with E-state index >= 15 is 0 Å². The summed E-state index contributed by atoms with van der Waals surface area (Å²) in [7, 11) is 0. The fraction of sp³-hybridized carbons (Fsp3) is 0.500. The van der Waals surface area contributed by atoms with Crippen molar-refractivity contribution in [3.63, 3.8) is 0 Å². The molecule has 2 unspecified atom stereocenters. The first-order valence-electron chi connectivity index (χ1n) is 12.1. The molecule has 1 heterocycles. The molecular weight excluding hydrogens is 473 g/mol. The lowest BCUT2D eigenvalue weighted by molar-refractivity contribution is -0.192. The van der Waals surface area contributed by atoms with Crippen LogP contribution in [0.25, 0.3) is 11.3 Å². The molecule has 1 saturated carbocycles. The second kappa shape index (κ2) is 13.1. The number of aromatic nitrogens is 1. The van der Waals surface area contributed by atoms with Crippen molar-refractivity contribution in [2.45, 2.75) is 70.5 Å². The lowest BCUT2D eigenvalue weighted by Gasteiger charge is -2.38. The zero-order chi connectivity index (χ0) is 26.9. The molecule has 10 heteroatoms. The number of aliphatic carboxylic acids is 1. The van der Waals surface area contributed by atoms with Crippen molar-refractivity contribution in [3.05, 3.63) is 41.5 Å². The molecule has 3 rings (SSSR count). The van der Waals surface area contributed by atoms with Crippen molar-refractivity contribution in [2.24, 2.45) is 0 Å². The third-order valence-electron chi connectivity index (χ3n) is 6.24. The van der Waals surface area contributed by atoms with Crippen molar-refractivity contribution in [2.75, 3.05) is 18.8 Å². The van der Waals surface area contributed by atoms with Gasteiger partial charge in [-0.3, -0.25) is 0 Å². The van der Waals surface area contributed by atoms with Crippen molar-refractivity contribution in [1.82, 2.24) is 9.88 Å². The summed E-state index contributed by atoms with van der Waals surface area (Å²) in [6, 6.07) is 11.9. The Morgan fingerprint density at radius 1 is 1.22 bits per heavy atom. The van der Waals surface area contributed by atoms with Crippen LogP contribution in [0.4, 0.5) is 19.0 Å². The van der Waals surface area contributed by atoms with E-state index in [2.05, 4.69) is 29.8 Å². The van der Waals surface area contributed by atoms with E-state index in [9.17, 15) is 23.5 Å². The number of hydrogen-bond donors (Lipinski definition) is 3. The van der Waals surface area contributed by atoms with Gasteiger partial charge in [0.15, 0.2) is 0 Å². The number of phenolic OH excluding ortho intramolecular Hbond substituents is 1. The molecule has 1 aromatic heterocycles. The monoisotopic (exact) mass is 506 g/mol. The molecule has 0 amide bonds. The standard InChI is InChI=1S/C24H32N4O.C2HF3O2/c1-3-12-28(13-4-2)18-9-7-8-17(14-18)20-15-22(27-24(26)21(20)16-25)19-10-5-6-11-23(19)29;3-2(4,5)1(6)7/h5-6,10-11,15,17-18,29H,3-4,7-9,12-14H2,1-2H3,(H2,26,27);(H,6,7). The van der Waals surface area contributed by atoms with E-state index in [0.29, 0.717) is 22.9 Å². The number of pyridine rings is 1. The summed E-state index contributed by atoms with van der Waals surface area (Å²) in [5.74, 6) is -2.04. The van der Waals surface area contributed by atoms with Gasteiger partial charge in [0.25, 0.3) is 0 Å². The van der Waals surface area contributed by atoms with Gasteiger partial charge in [0.05, 0.1) is 11.3 Å². The fourth-order valence-electron chi connectivity index (χ4n) is 4.69. The summed E-state index contributed by atoms with van der Waals surface area (Å²) in [5.41, 5.74) is 8.95. The van der Waals surface area contributed by atoms with Crippen LogP contribution in [0.5, 0.6) is 5.75 Å². The van der Waals surface area contributed by atoms with E-state index in [1.54, 1.807) is 12.1 Å². The van der Waals surface area contributed by atoms with Crippen LogP contribution >= 0.6 is 0 Å². The Morgan fingerprint density at radius 3 is 2.36 bits per heavy atom. The summed E-state index contributed by atoms with van der Waals surface area (Å²) >= 11 is 0. The fourth-order valence-corrected chi connectivity index (χ4v) is 4.69. The van der Waals surface area contributed by atoms with E-state index in [1.807, 2.05) is 18.2 Å². The number of carboxylic acids is 1. The Hall–Kier alpha value is -3.32. The number of carbonyl (C=O) groups is 1. The predicted octanol–water partition coefficient (Wildman–Crippen LogP) is 5.69. The molecule has 2 atom stereocenters. The SMILES string of the molecule is CCCN(CCC)C1CCCC(c2cc(-c3ccccc3O)nc(N)c2C#N)C1.O=C(O)C(F)(F)F. The number of nitrogens with two attached hydrogens (primary N) is 1. The van der Waals surface area contributed by atoms with E-state index in [4.69, 9.17) is 15.6 Å². The first-order valence-corrected chi connectivity index (χ1v) is 12.1.